The molecule has 1 spiro atoms. The van der Waals surface area contributed by atoms with Crippen molar-refractivity contribution in [3.8, 4) is 0 Å². The van der Waals surface area contributed by atoms with E-state index in [-0.39, 0.29) is 37.8 Å². The van der Waals surface area contributed by atoms with E-state index in [0.29, 0.717) is 23.7 Å². The zero-order valence-electron chi connectivity index (χ0n) is 29.9. The molecule has 2 aliphatic heterocycles. The Morgan fingerprint density at radius 3 is 2.56 bits per heavy atom. The molecule has 3 aromatic rings. The van der Waals surface area contributed by atoms with Gasteiger partial charge in [-0.25, -0.2) is 0 Å². The van der Waals surface area contributed by atoms with Crippen molar-refractivity contribution in [1.29, 1.82) is 0 Å². The lowest BCUT2D eigenvalue weighted by Crippen LogP contribution is -2.59. The predicted octanol–water partition coefficient (Wildman–Crippen LogP) is 3.66. The van der Waals surface area contributed by atoms with E-state index in [1.165, 1.54) is 4.90 Å². The number of hydrogen-bond acceptors (Lipinski definition) is 8. The lowest BCUT2D eigenvalue weighted by molar-refractivity contribution is -0.145. The van der Waals surface area contributed by atoms with Gasteiger partial charge in [-0.1, -0.05) is 76.0 Å². The highest BCUT2D eigenvalue weighted by Crippen LogP contribution is 2.39. The average Bonchev–Trinajstić information content (AvgIpc) is 3.50. The SMILES string of the molecule is CCC[C@H](NC(=O)[C@@H]1C[C@]2(C=C(c3cccc(Cl)c3)NO2)CN1C(=O)[C@@H](NC(=O)CCn1ncc2ccccc21)C(C)(C)C)C(=O)C(=O)NC1CC1. The van der Waals surface area contributed by atoms with Gasteiger partial charge in [0.1, 0.15) is 17.7 Å². The summed E-state index contributed by atoms with van der Waals surface area (Å²) in [4.78, 5) is 75.7. The largest absolute Gasteiger partial charge is 0.347 e. The number of aryl methyl sites for hydroxylation is 1. The van der Waals surface area contributed by atoms with Crippen LogP contribution in [0, 0.1) is 5.41 Å². The molecule has 4 amide bonds. The highest BCUT2D eigenvalue weighted by molar-refractivity contribution is 6.38. The van der Waals surface area contributed by atoms with Crippen LogP contribution in [0.25, 0.3) is 16.6 Å². The van der Waals surface area contributed by atoms with Crippen LogP contribution in [0.15, 0.2) is 60.8 Å². The summed E-state index contributed by atoms with van der Waals surface area (Å²) in [6.07, 6.45) is 6.12. The van der Waals surface area contributed by atoms with Crippen LogP contribution in [0.3, 0.4) is 0 Å². The molecule has 276 valence electrons. The molecule has 1 aliphatic carbocycles. The Hall–Kier alpha value is -4.75. The second kappa shape index (κ2) is 15.1. The fourth-order valence-corrected chi connectivity index (χ4v) is 6.94. The monoisotopic (exact) mass is 731 g/mol. The molecule has 0 bridgehead atoms. The number of benzene rings is 2. The highest BCUT2D eigenvalue weighted by atomic mass is 35.5. The number of nitrogens with zero attached hydrogens (tertiary/aromatic N) is 3. The molecule has 14 heteroatoms. The number of halogens is 1. The normalized spacial score (nSPS) is 21.0. The van der Waals surface area contributed by atoms with Gasteiger partial charge in [0.05, 0.1) is 36.5 Å². The molecular weight excluding hydrogens is 686 g/mol. The minimum Gasteiger partial charge on any atom is -0.347 e. The summed E-state index contributed by atoms with van der Waals surface area (Å²) in [7, 11) is 0. The number of carbonyl (C=O) groups excluding carboxylic acids is 5. The third-order valence-corrected chi connectivity index (χ3v) is 9.95. The van der Waals surface area contributed by atoms with Crippen molar-refractivity contribution in [2.45, 2.75) is 103 Å². The summed E-state index contributed by atoms with van der Waals surface area (Å²) in [5.41, 5.74) is 3.37. The van der Waals surface area contributed by atoms with Crippen LogP contribution in [0.4, 0.5) is 0 Å². The molecule has 6 rings (SSSR count). The Morgan fingerprint density at radius 1 is 1.08 bits per heavy atom. The predicted molar refractivity (Wildman–Crippen MR) is 195 cm³/mol. The third-order valence-electron chi connectivity index (χ3n) is 9.71. The zero-order chi connectivity index (χ0) is 37.2. The number of aromatic nitrogens is 2. The van der Waals surface area contributed by atoms with Crippen molar-refractivity contribution in [2.24, 2.45) is 5.41 Å². The maximum atomic E-state index is 14.6. The molecule has 1 aromatic heterocycles. The van der Waals surface area contributed by atoms with Gasteiger partial charge in [-0.2, -0.15) is 5.10 Å². The topological polar surface area (TPSA) is 164 Å². The van der Waals surface area contributed by atoms with Crippen LogP contribution >= 0.6 is 11.6 Å². The van der Waals surface area contributed by atoms with Gasteiger partial charge in [0.2, 0.25) is 23.5 Å². The number of fused-ring (bicyclic) bond motifs is 1. The number of hydrogen-bond donors (Lipinski definition) is 4. The number of ketones is 1. The third kappa shape index (κ3) is 8.31. The fraction of sp³-hybridized carbons (Fsp3) is 0.474. The van der Waals surface area contributed by atoms with Crippen molar-refractivity contribution in [1.82, 2.24) is 36.1 Å². The molecule has 0 radical (unpaired) electrons. The molecule has 4 N–H and O–H groups in total. The minimum atomic E-state index is -1.11. The number of likely N-dealkylation sites (tertiary alicyclic amines) is 1. The van der Waals surface area contributed by atoms with Crippen molar-refractivity contribution in [3.63, 3.8) is 0 Å². The summed E-state index contributed by atoms with van der Waals surface area (Å²) in [6, 6.07) is 11.7. The van der Waals surface area contributed by atoms with E-state index in [1.807, 2.05) is 70.2 Å². The zero-order valence-corrected chi connectivity index (χ0v) is 30.7. The van der Waals surface area contributed by atoms with Crippen LogP contribution in [-0.2, 0) is 35.4 Å². The van der Waals surface area contributed by atoms with Crippen LogP contribution in [0.5, 0.6) is 0 Å². The first kappa shape index (κ1) is 37.0. The quantitative estimate of drug-likeness (QED) is 0.194. The van der Waals surface area contributed by atoms with Crippen LogP contribution < -0.4 is 21.4 Å². The first-order valence-electron chi connectivity index (χ1n) is 17.9. The number of nitrogens with one attached hydrogen (secondary N) is 4. The molecule has 3 aliphatic rings. The highest BCUT2D eigenvalue weighted by Gasteiger charge is 2.54. The molecule has 1 saturated heterocycles. The summed E-state index contributed by atoms with van der Waals surface area (Å²) in [6.45, 7) is 7.68. The van der Waals surface area contributed by atoms with Crippen LogP contribution in [-0.4, -0.2) is 80.4 Å². The Bertz CT molecular complexity index is 1900. The van der Waals surface area contributed by atoms with E-state index in [0.717, 1.165) is 29.3 Å². The van der Waals surface area contributed by atoms with E-state index in [2.05, 4.69) is 26.5 Å². The maximum absolute atomic E-state index is 14.6. The molecule has 52 heavy (non-hydrogen) atoms. The van der Waals surface area contributed by atoms with Gasteiger partial charge in [-0.05, 0) is 49.0 Å². The Labute approximate surface area is 307 Å². The standard InChI is InChI=1S/C38H46ClN7O6/c1-5-9-27(32(48)35(50)41-26-14-15-26)42-34(49)30-20-38(19-28(44-52-38)23-11-8-12-25(39)18-23)22-45(30)36(51)33(37(2,3)4)43-31(47)16-17-46-29-13-7-6-10-24(29)21-40-46/h6-8,10-13,18-19,21,26-27,30,33,44H,5,9,14-17,20,22H2,1-4H3,(H,41,50)(H,42,49)(H,43,47)/t27-,30-,33+,38+/m0/s1. The van der Waals surface area contributed by atoms with Crippen molar-refractivity contribution >= 4 is 57.6 Å². The van der Waals surface area contributed by atoms with E-state index in [1.54, 1.807) is 23.0 Å². The van der Waals surface area contributed by atoms with Crippen molar-refractivity contribution in [3.05, 3.63) is 71.4 Å². The number of hydroxylamine groups is 1. The molecule has 2 aromatic carbocycles. The van der Waals surface area contributed by atoms with Crippen molar-refractivity contribution < 1.29 is 28.8 Å². The fourth-order valence-electron chi connectivity index (χ4n) is 6.75. The van der Waals surface area contributed by atoms with Gasteiger partial charge < -0.3 is 20.9 Å². The molecular formula is C38H46ClN7O6. The lowest BCUT2D eigenvalue weighted by Gasteiger charge is -2.35. The second-order valence-electron chi connectivity index (χ2n) is 15.0. The molecule has 2 fully saturated rings. The first-order valence-corrected chi connectivity index (χ1v) is 18.2. The van der Waals surface area contributed by atoms with Gasteiger partial charge in [-0.15, -0.1) is 0 Å². The van der Waals surface area contributed by atoms with Crippen molar-refractivity contribution in [2.75, 3.05) is 6.54 Å². The molecule has 4 atom stereocenters. The molecule has 13 nitrogen and oxygen atoms in total. The van der Waals surface area contributed by atoms with E-state index < -0.39 is 52.6 Å². The summed E-state index contributed by atoms with van der Waals surface area (Å²) < 4.78 is 1.75. The first-order chi connectivity index (χ1) is 24.8. The van der Waals surface area contributed by atoms with Gasteiger partial charge in [0, 0.05) is 34.9 Å². The molecule has 3 heterocycles. The molecule has 0 unspecified atom stereocenters. The molecule has 1 saturated carbocycles. The number of para-hydroxylation sites is 1. The van der Waals surface area contributed by atoms with E-state index in [9.17, 15) is 24.0 Å². The number of carbonyl (C=O) groups is 5. The van der Waals surface area contributed by atoms with Gasteiger partial charge in [0.15, 0.2) is 0 Å². The second-order valence-corrected chi connectivity index (χ2v) is 15.5. The summed E-state index contributed by atoms with van der Waals surface area (Å²) in [5, 5.41) is 14.3. The summed E-state index contributed by atoms with van der Waals surface area (Å²) in [5.74, 6) is -2.86. The number of rotatable bonds is 13. The average molecular weight is 732 g/mol. The van der Waals surface area contributed by atoms with Gasteiger partial charge in [0.25, 0.3) is 5.91 Å². The maximum Gasteiger partial charge on any atom is 0.289 e. The Morgan fingerprint density at radius 2 is 1.85 bits per heavy atom. The smallest absolute Gasteiger partial charge is 0.289 e. The van der Waals surface area contributed by atoms with Gasteiger partial charge >= 0.3 is 0 Å². The Balaban J connectivity index is 1.24. The summed E-state index contributed by atoms with van der Waals surface area (Å²) >= 11 is 6.26. The van der Waals surface area contributed by atoms with Crippen LogP contribution in [0.2, 0.25) is 5.02 Å². The van der Waals surface area contributed by atoms with Crippen LogP contribution in [0.1, 0.15) is 71.8 Å². The lowest BCUT2D eigenvalue weighted by atomic mass is 9.85. The van der Waals surface area contributed by atoms with E-state index >= 15 is 0 Å². The number of amides is 4. The Kier molecular flexibility index (Phi) is 10.7. The van der Waals surface area contributed by atoms with Gasteiger partial charge in [-0.3, -0.25) is 39.0 Å². The number of Topliss-reactive ketones (excluding diaryl/α,β-unsaturated/α-hetero) is 1. The van der Waals surface area contributed by atoms with E-state index in [4.69, 9.17) is 16.4 Å². The minimum absolute atomic E-state index is 0.0166.